The molecule has 1 saturated heterocycles. The van der Waals surface area contributed by atoms with E-state index in [1.54, 1.807) is 0 Å². The monoisotopic (exact) mass is 390 g/mol. The summed E-state index contributed by atoms with van der Waals surface area (Å²) < 4.78 is 33.2. The van der Waals surface area contributed by atoms with E-state index < -0.39 is 11.6 Å². The smallest absolute Gasteiger partial charge is 0.255 e. The molecule has 8 heteroatoms. The predicted octanol–water partition coefficient (Wildman–Crippen LogP) is 2.22. The predicted molar refractivity (Wildman–Crippen MR) is 101 cm³/mol. The van der Waals surface area contributed by atoms with Crippen molar-refractivity contribution >= 4 is 5.95 Å². The lowest BCUT2D eigenvalue weighted by Crippen LogP contribution is -2.47. The lowest BCUT2D eigenvalue weighted by atomic mass is 10.1. The van der Waals surface area contributed by atoms with Gasteiger partial charge in [0.2, 0.25) is 5.95 Å². The van der Waals surface area contributed by atoms with Crippen molar-refractivity contribution in [1.82, 2.24) is 14.9 Å². The summed E-state index contributed by atoms with van der Waals surface area (Å²) >= 11 is 0. The van der Waals surface area contributed by atoms with Crippen LogP contribution in [0.3, 0.4) is 0 Å². The van der Waals surface area contributed by atoms with E-state index in [-0.39, 0.29) is 24.3 Å². The number of aromatic amines is 1. The molecular formula is C20H24F2N4O2. The zero-order chi connectivity index (χ0) is 19.8. The maximum Gasteiger partial charge on any atom is 0.255 e. The third-order valence-electron chi connectivity index (χ3n) is 5.26. The Kier molecular flexibility index (Phi) is 5.16. The molecule has 28 heavy (non-hydrogen) atoms. The number of rotatable bonds is 3. The maximum atomic E-state index is 14.0. The summed E-state index contributed by atoms with van der Waals surface area (Å²) in [7, 11) is 0. The normalized spacial score (nSPS) is 22.9. The molecule has 1 fully saturated rings. The Morgan fingerprint density at radius 2 is 2.00 bits per heavy atom. The maximum absolute atomic E-state index is 14.0. The molecule has 2 aromatic rings. The number of morpholine rings is 1. The quantitative estimate of drug-likeness (QED) is 0.871. The van der Waals surface area contributed by atoms with E-state index in [4.69, 9.17) is 9.72 Å². The van der Waals surface area contributed by atoms with Crippen LogP contribution in [0.1, 0.15) is 30.7 Å². The molecule has 0 aliphatic carbocycles. The molecule has 2 aliphatic heterocycles. The van der Waals surface area contributed by atoms with Gasteiger partial charge in [-0.15, -0.1) is 0 Å². The topological polar surface area (TPSA) is 61.5 Å². The van der Waals surface area contributed by atoms with Crippen LogP contribution in [0.4, 0.5) is 14.7 Å². The molecule has 150 valence electrons. The van der Waals surface area contributed by atoms with Crippen molar-refractivity contribution in [3.05, 3.63) is 57.0 Å². The minimum absolute atomic E-state index is 0.0533. The average Bonchev–Trinajstić information content (AvgIpc) is 2.63. The van der Waals surface area contributed by atoms with Gasteiger partial charge in [-0.25, -0.2) is 13.8 Å². The standard InChI is InChI=1S/C20H24F2N4O2/c1-12-8-26(9-13(2)28-12)20-23-18-11-25(6-5-16(18)19(27)24-20)10-14-7-15(21)3-4-17(14)22/h3-4,7,12-13H,5-6,8-11H2,1-2H3,(H,23,24,27)/t12-,13-/m1/s1. The summed E-state index contributed by atoms with van der Waals surface area (Å²) in [6, 6.07) is 3.48. The first-order chi connectivity index (χ1) is 13.4. The number of nitrogens with one attached hydrogen (secondary N) is 1. The van der Waals surface area contributed by atoms with Crippen molar-refractivity contribution < 1.29 is 13.5 Å². The van der Waals surface area contributed by atoms with Gasteiger partial charge in [-0.05, 0) is 38.5 Å². The van der Waals surface area contributed by atoms with Crippen molar-refractivity contribution in [2.45, 2.75) is 45.6 Å². The molecule has 0 unspecified atom stereocenters. The Morgan fingerprint density at radius 1 is 1.25 bits per heavy atom. The molecule has 4 rings (SSSR count). The molecule has 0 spiro atoms. The molecule has 0 radical (unpaired) electrons. The van der Waals surface area contributed by atoms with Crippen LogP contribution >= 0.6 is 0 Å². The highest BCUT2D eigenvalue weighted by Crippen LogP contribution is 2.21. The number of ether oxygens (including phenoxy) is 1. The van der Waals surface area contributed by atoms with Gasteiger partial charge in [0.15, 0.2) is 0 Å². The number of hydrogen-bond acceptors (Lipinski definition) is 5. The van der Waals surface area contributed by atoms with Gasteiger partial charge >= 0.3 is 0 Å². The highest BCUT2D eigenvalue weighted by Gasteiger charge is 2.27. The molecule has 1 N–H and O–H groups in total. The second-order valence-corrected chi connectivity index (χ2v) is 7.67. The molecule has 0 amide bonds. The lowest BCUT2D eigenvalue weighted by molar-refractivity contribution is -0.00576. The molecular weight excluding hydrogens is 366 g/mol. The second-order valence-electron chi connectivity index (χ2n) is 7.67. The molecule has 0 bridgehead atoms. The second kappa shape index (κ2) is 7.60. The minimum Gasteiger partial charge on any atom is -0.372 e. The fourth-order valence-electron chi connectivity index (χ4n) is 4.02. The van der Waals surface area contributed by atoms with E-state index in [0.717, 1.165) is 12.1 Å². The Hall–Kier alpha value is -2.32. The Bertz CT molecular complexity index is 923. The molecule has 2 aliphatic rings. The van der Waals surface area contributed by atoms with Crippen molar-refractivity contribution in [2.75, 3.05) is 24.5 Å². The van der Waals surface area contributed by atoms with Gasteiger partial charge in [0.1, 0.15) is 11.6 Å². The fraction of sp³-hybridized carbons (Fsp3) is 0.500. The Morgan fingerprint density at radius 3 is 2.75 bits per heavy atom. The van der Waals surface area contributed by atoms with Gasteiger partial charge < -0.3 is 9.64 Å². The van der Waals surface area contributed by atoms with Gasteiger partial charge in [0.25, 0.3) is 5.56 Å². The summed E-state index contributed by atoms with van der Waals surface area (Å²) in [6.45, 7) is 6.60. The molecule has 1 aromatic carbocycles. The number of hydrogen-bond donors (Lipinski definition) is 1. The van der Waals surface area contributed by atoms with Crippen LogP contribution in [0.15, 0.2) is 23.0 Å². The number of benzene rings is 1. The average molecular weight is 390 g/mol. The molecule has 0 saturated carbocycles. The highest BCUT2D eigenvalue weighted by atomic mass is 19.1. The Labute approximate surface area is 162 Å². The largest absolute Gasteiger partial charge is 0.372 e. The highest BCUT2D eigenvalue weighted by molar-refractivity contribution is 5.35. The van der Waals surface area contributed by atoms with E-state index >= 15 is 0 Å². The van der Waals surface area contributed by atoms with Crippen LogP contribution in [0.2, 0.25) is 0 Å². The third kappa shape index (κ3) is 3.93. The van der Waals surface area contributed by atoms with Gasteiger partial charge in [0, 0.05) is 43.9 Å². The first-order valence-corrected chi connectivity index (χ1v) is 9.58. The fourth-order valence-corrected chi connectivity index (χ4v) is 4.02. The zero-order valence-corrected chi connectivity index (χ0v) is 16.0. The lowest BCUT2D eigenvalue weighted by Gasteiger charge is -2.36. The number of halogens is 2. The molecule has 3 heterocycles. The summed E-state index contributed by atoms with van der Waals surface area (Å²) in [6.07, 6.45) is 0.639. The van der Waals surface area contributed by atoms with Gasteiger partial charge in [0.05, 0.1) is 17.9 Å². The molecule has 1 aromatic heterocycles. The molecule has 6 nitrogen and oxygen atoms in total. The number of aromatic nitrogens is 2. The first kappa shape index (κ1) is 19.0. The van der Waals surface area contributed by atoms with E-state index in [2.05, 4.69) is 4.98 Å². The van der Waals surface area contributed by atoms with E-state index in [0.29, 0.717) is 55.4 Å². The van der Waals surface area contributed by atoms with Crippen LogP contribution < -0.4 is 10.5 Å². The van der Waals surface area contributed by atoms with Gasteiger partial charge in [-0.2, -0.15) is 0 Å². The Balaban J connectivity index is 1.56. The third-order valence-corrected chi connectivity index (χ3v) is 5.26. The van der Waals surface area contributed by atoms with Crippen LogP contribution in [0.5, 0.6) is 0 Å². The summed E-state index contributed by atoms with van der Waals surface area (Å²) in [5.41, 5.74) is 1.57. The number of fused-ring (bicyclic) bond motifs is 1. The number of nitrogens with zero attached hydrogens (tertiary/aromatic N) is 3. The minimum atomic E-state index is -0.457. The van der Waals surface area contributed by atoms with Crippen LogP contribution in [-0.2, 0) is 24.2 Å². The zero-order valence-electron chi connectivity index (χ0n) is 16.0. The van der Waals surface area contributed by atoms with E-state index in [9.17, 15) is 13.6 Å². The number of anilines is 1. The van der Waals surface area contributed by atoms with Crippen molar-refractivity contribution in [3.63, 3.8) is 0 Å². The van der Waals surface area contributed by atoms with Crippen molar-refractivity contribution in [1.29, 1.82) is 0 Å². The van der Waals surface area contributed by atoms with Gasteiger partial charge in [-0.1, -0.05) is 0 Å². The first-order valence-electron chi connectivity index (χ1n) is 9.58. The van der Waals surface area contributed by atoms with Crippen molar-refractivity contribution in [2.24, 2.45) is 0 Å². The van der Waals surface area contributed by atoms with E-state index in [1.807, 2.05) is 23.6 Å². The van der Waals surface area contributed by atoms with E-state index in [1.165, 1.54) is 6.07 Å². The molecule has 2 atom stereocenters. The van der Waals surface area contributed by atoms with Crippen LogP contribution in [0, 0.1) is 11.6 Å². The van der Waals surface area contributed by atoms with Crippen LogP contribution in [0.25, 0.3) is 0 Å². The van der Waals surface area contributed by atoms with Gasteiger partial charge in [-0.3, -0.25) is 14.7 Å². The summed E-state index contributed by atoms with van der Waals surface area (Å²) in [5, 5.41) is 0. The SMILES string of the molecule is C[C@@H]1CN(c2nc3c(c(=O)[nH]2)CCN(Cc2cc(F)ccc2F)C3)C[C@@H](C)O1. The van der Waals surface area contributed by atoms with Crippen molar-refractivity contribution in [3.8, 4) is 0 Å². The van der Waals surface area contributed by atoms with Crippen LogP contribution in [-0.4, -0.2) is 46.7 Å². The number of H-pyrrole nitrogens is 1. The summed E-state index contributed by atoms with van der Waals surface area (Å²) in [5.74, 6) is -0.339. The summed E-state index contributed by atoms with van der Waals surface area (Å²) in [4.78, 5) is 24.2.